The van der Waals surface area contributed by atoms with Gasteiger partial charge in [0, 0.05) is 0 Å². The molecular formula is C13H36. The molecule has 0 aliphatic rings. The van der Waals surface area contributed by atoms with E-state index in [1.165, 1.54) is 19.3 Å². The van der Waals surface area contributed by atoms with Gasteiger partial charge >= 0.3 is 0 Å². The molecule has 0 nitrogen and oxygen atoms in total. The van der Waals surface area contributed by atoms with Crippen LogP contribution < -0.4 is 0 Å². The molecule has 0 unspecified atom stereocenters. The van der Waals surface area contributed by atoms with Crippen LogP contribution in [0.4, 0.5) is 0 Å². The van der Waals surface area contributed by atoms with Crippen LogP contribution in [0.1, 0.15) is 76.7 Å². The van der Waals surface area contributed by atoms with Gasteiger partial charge in [-0.3, -0.25) is 0 Å². The lowest BCUT2D eigenvalue weighted by molar-refractivity contribution is 0.480. The van der Waals surface area contributed by atoms with Crippen LogP contribution in [0.2, 0.25) is 0 Å². The van der Waals surface area contributed by atoms with E-state index in [4.69, 9.17) is 0 Å². The third kappa shape index (κ3) is 33.3. The Hall–Kier alpha value is 0. The summed E-state index contributed by atoms with van der Waals surface area (Å²) in [5.41, 5.74) is 0. The number of rotatable bonds is 4. The van der Waals surface area contributed by atoms with Gasteiger partial charge in [0.25, 0.3) is 0 Å². The van der Waals surface area contributed by atoms with Crippen molar-refractivity contribution in [1.82, 2.24) is 0 Å². The predicted octanol–water partition coefficient (Wildman–Crippen LogP) is 6.01. The lowest BCUT2D eigenvalue weighted by Gasteiger charge is -2.05. The molecule has 0 saturated carbocycles. The summed E-state index contributed by atoms with van der Waals surface area (Å²) >= 11 is 0. The molecule has 0 fully saturated rings. The minimum Gasteiger partial charge on any atom is -0.0776 e. The highest BCUT2D eigenvalue weighted by atomic mass is 14.0. The highest BCUT2D eigenvalue weighted by molar-refractivity contribution is 4.49. The molecule has 0 atom stereocenters. The zero-order chi connectivity index (χ0) is 7.28. The summed E-state index contributed by atoms with van der Waals surface area (Å²) in [5, 5.41) is 0. The van der Waals surface area contributed by atoms with Crippen molar-refractivity contribution in [3.05, 3.63) is 0 Å². The van der Waals surface area contributed by atoms with E-state index in [-0.39, 0.29) is 29.7 Å². The van der Waals surface area contributed by atoms with Crippen molar-refractivity contribution >= 4 is 0 Å². The minimum atomic E-state index is 0. The molecule has 0 saturated heterocycles. The monoisotopic (exact) mass is 192 g/mol. The van der Waals surface area contributed by atoms with Gasteiger partial charge in [-0.1, -0.05) is 76.7 Å². The molecule has 0 bridgehead atoms. The van der Waals surface area contributed by atoms with Gasteiger partial charge in [-0.15, -0.1) is 0 Å². The van der Waals surface area contributed by atoms with Crippen LogP contribution in [0.5, 0.6) is 0 Å². The van der Waals surface area contributed by atoms with E-state index < -0.39 is 0 Å². The summed E-state index contributed by atoms with van der Waals surface area (Å²) in [5.74, 6) is 1.78. The maximum absolute atomic E-state index is 2.29. The van der Waals surface area contributed by atoms with E-state index in [0.717, 1.165) is 11.8 Å². The maximum atomic E-state index is 2.29. The van der Waals surface area contributed by atoms with E-state index in [1.807, 2.05) is 0 Å². The van der Waals surface area contributed by atoms with E-state index in [2.05, 4.69) is 27.7 Å². The molecule has 0 heterocycles. The highest BCUT2D eigenvalue weighted by Crippen LogP contribution is 2.10. The summed E-state index contributed by atoms with van der Waals surface area (Å²) < 4.78 is 0. The number of hydrogen-bond acceptors (Lipinski definition) is 0. The number of hydrogen-bond donors (Lipinski definition) is 0. The van der Waals surface area contributed by atoms with E-state index >= 15 is 0 Å². The van der Waals surface area contributed by atoms with E-state index in [1.54, 1.807) is 0 Å². The first-order valence-corrected chi connectivity index (χ1v) is 4.13. The predicted molar refractivity (Wildman–Crippen MR) is 70.5 cm³/mol. The van der Waals surface area contributed by atoms with Crippen molar-refractivity contribution < 1.29 is 0 Å². The molecule has 0 spiro atoms. The zero-order valence-electron chi connectivity index (χ0n) is 7.28. The smallest absolute Gasteiger partial charge is 0.0471 e. The van der Waals surface area contributed by atoms with Crippen LogP contribution in [0.25, 0.3) is 0 Å². The molecule has 0 aromatic carbocycles. The van der Waals surface area contributed by atoms with Crippen LogP contribution >= 0.6 is 0 Å². The van der Waals surface area contributed by atoms with Crippen molar-refractivity contribution in [2.45, 2.75) is 76.7 Å². The molecule has 0 heteroatoms. The molecular weight excluding hydrogens is 156 g/mol. The SMILES string of the molecule is C.C.C.C.CC(C)CCCC(C)C. The molecule has 0 aliphatic heterocycles. The topological polar surface area (TPSA) is 0 Å². The van der Waals surface area contributed by atoms with Gasteiger partial charge in [0.1, 0.15) is 0 Å². The van der Waals surface area contributed by atoms with Crippen LogP contribution in [-0.2, 0) is 0 Å². The lowest BCUT2D eigenvalue weighted by atomic mass is 10.0. The highest BCUT2D eigenvalue weighted by Gasteiger charge is 1.95. The summed E-state index contributed by atoms with van der Waals surface area (Å²) in [6.07, 6.45) is 4.21. The molecule has 0 aliphatic carbocycles. The minimum absolute atomic E-state index is 0. The summed E-state index contributed by atoms with van der Waals surface area (Å²) in [4.78, 5) is 0. The van der Waals surface area contributed by atoms with Gasteiger partial charge in [-0.05, 0) is 11.8 Å². The lowest BCUT2D eigenvalue weighted by Crippen LogP contribution is -1.90. The Bertz CT molecular complexity index is 45.1. The van der Waals surface area contributed by atoms with Crippen LogP contribution in [0.3, 0.4) is 0 Å². The van der Waals surface area contributed by atoms with Gasteiger partial charge in [0.15, 0.2) is 0 Å². The summed E-state index contributed by atoms with van der Waals surface area (Å²) in [6.45, 7) is 9.17. The quantitative estimate of drug-likeness (QED) is 0.511. The Morgan fingerprint density at radius 3 is 1.00 bits per heavy atom. The van der Waals surface area contributed by atoms with Crippen molar-refractivity contribution in [3.63, 3.8) is 0 Å². The average Bonchev–Trinajstić information content (AvgIpc) is 1.63. The molecule has 0 amide bonds. The van der Waals surface area contributed by atoms with Crippen molar-refractivity contribution in [2.24, 2.45) is 11.8 Å². The Labute approximate surface area is 89.1 Å². The first kappa shape index (κ1) is 29.2. The molecule has 13 heavy (non-hydrogen) atoms. The second-order valence-electron chi connectivity index (χ2n) is 3.72. The third-order valence-corrected chi connectivity index (χ3v) is 1.56. The maximum Gasteiger partial charge on any atom is -0.0471 e. The fourth-order valence-electron chi connectivity index (χ4n) is 0.934. The fourth-order valence-corrected chi connectivity index (χ4v) is 0.934. The van der Waals surface area contributed by atoms with Crippen molar-refractivity contribution in [1.29, 1.82) is 0 Å². The van der Waals surface area contributed by atoms with Gasteiger partial charge in [-0.25, -0.2) is 0 Å². The average molecular weight is 192 g/mol. The molecule has 0 aromatic rings. The van der Waals surface area contributed by atoms with Gasteiger partial charge < -0.3 is 0 Å². The first-order chi connectivity index (χ1) is 4.13. The standard InChI is InChI=1S/C9H20.4CH4/c1-8(2)6-5-7-9(3)4;;;;/h8-9H,5-7H2,1-4H3;4*1H4. The summed E-state index contributed by atoms with van der Waals surface area (Å²) in [6, 6.07) is 0. The van der Waals surface area contributed by atoms with Crippen molar-refractivity contribution in [3.8, 4) is 0 Å². The zero-order valence-corrected chi connectivity index (χ0v) is 7.28. The van der Waals surface area contributed by atoms with Crippen LogP contribution in [0, 0.1) is 11.8 Å². The molecule has 0 rings (SSSR count). The second-order valence-corrected chi connectivity index (χ2v) is 3.72. The fraction of sp³-hybridized carbons (Fsp3) is 1.00. The Morgan fingerprint density at radius 2 is 0.846 bits per heavy atom. The Morgan fingerprint density at radius 1 is 0.615 bits per heavy atom. The van der Waals surface area contributed by atoms with Gasteiger partial charge in [0.2, 0.25) is 0 Å². The van der Waals surface area contributed by atoms with Crippen LogP contribution in [0.15, 0.2) is 0 Å². The summed E-state index contributed by atoms with van der Waals surface area (Å²) in [7, 11) is 0. The van der Waals surface area contributed by atoms with Gasteiger partial charge in [-0.2, -0.15) is 0 Å². The van der Waals surface area contributed by atoms with Crippen LogP contribution in [-0.4, -0.2) is 0 Å². The van der Waals surface area contributed by atoms with E-state index in [0.29, 0.717) is 0 Å². The van der Waals surface area contributed by atoms with E-state index in [9.17, 15) is 0 Å². The van der Waals surface area contributed by atoms with Gasteiger partial charge in [0.05, 0.1) is 0 Å². The van der Waals surface area contributed by atoms with Crippen molar-refractivity contribution in [2.75, 3.05) is 0 Å². The molecule has 0 radical (unpaired) electrons. The molecule has 0 aromatic heterocycles. The third-order valence-electron chi connectivity index (χ3n) is 1.56. The second kappa shape index (κ2) is 17.9. The largest absolute Gasteiger partial charge is 0.0776 e. The first-order valence-electron chi connectivity index (χ1n) is 4.13. The molecule has 88 valence electrons. The molecule has 0 N–H and O–H groups in total. The normalized spacial score (nSPS) is 7.85. The Kier molecular flexibility index (Phi) is 40.3. The Balaban J connectivity index is -0.0000000533.